The summed E-state index contributed by atoms with van der Waals surface area (Å²) in [6.45, 7) is 10.6. The highest BCUT2D eigenvalue weighted by atomic mass is 16.6. The number of aromatic carboxylic acids is 1. The van der Waals surface area contributed by atoms with Gasteiger partial charge >= 0.3 is 12.1 Å². The van der Waals surface area contributed by atoms with E-state index in [0.717, 1.165) is 24.0 Å². The van der Waals surface area contributed by atoms with Crippen molar-refractivity contribution in [3.05, 3.63) is 34.4 Å². The second kappa shape index (κ2) is 6.83. The molecule has 24 heavy (non-hydrogen) atoms. The van der Waals surface area contributed by atoms with E-state index in [2.05, 4.69) is 0 Å². The van der Waals surface area contributed by atoms with E-state index < -0.39 is 11.6 Å². The fraction of sp³-hybridized carbons (Fsp3) is 0.579. The average Bonchev–Trinajstić information content (AvgIpc) is 2.44. The van der Waals surface area contributed by atoms with Crippen molar-refractivity contribution in [1.82, 2.24) is 4.90 Å². The van der Waals surface area contributed by atoms with E-state index in [1.54, 1.807) is 4.90 Å². The molecule has 2 rings (SSSR count). The molecule has 0 spiro atoms. The Hall–Kier alpha value is -2.04. The van der Waals surface area contributed by atoms with Gasteiger partial charge in [-0.05, 0) is 70.1 Å². The summed E-state index contributed by atoms with van der Waals surface area (Å²) in [4.78, 5) is 25.2. The van der Waals surface area contributed by atoms with Crippen molar-refractivity contribution in [2.75, 3.05) is 13.1 Å². The molecule has 1 aliphatic rings. The van der Waals surface area contributed by atoms with Gasteiger partial charge < -0.3 is 14.7 Å². The van der Waals surface area contributed by atoms with Crippen LogP contribution in [0, 0.1) is 13.8 Å². The third-order valence-corrected chi connectivity index (χ3v) is 4.39. The SMILES string of the molecule is Cc1cc(C2CCN(C(=O)OC(C)(C)C)CC2)cc(C)c1C(=O)O. The second-order valence-corrected chi connectivity index (χ2v) is 7.58. The molecule has 1 aromatic carbocycles. The average molecular weight is 333 g/mol. The Balaban J connectivity index is 2.05. The molecule has 0 saturated carbocycles. The minimum absolute atomic E-state index is 0.255. The van der Waals surface area contributed by atoms with E-state index in [-0.39, 0.29) is 6.09 Å². The molecule has 0 aliphatic carbocycles. The quantitative estimate of drug-likeness (QED) is 0.884. The number of hydrogen-bond donors (Lipinski definition) is 1. The molecule has 1 amide bonds. The van der Waals surface area contributed by atoms with Crippen LogP contribution in [0.15, 0.2) is 12.1 Å². The van der Waals surface area contributed by atoms with Gasteiger partial charge in [-0.1, -0.05) is 12.1 Å². The molecule has 1 saturated heterocycles. The van der Waals surface area contributed by atoms with Crippen LogP contribution in [-0.2, 0) is 4.74 Å². The zero-order chi connectivity index (χ0) is 18.1. The van der Waals surface area contributed by atoms with Crippen LogP contribution in [0.25, 0.3) is 0 Å². The zero-order valence-electron chi connectivity index (χ0n) is 15.2. The summed E-state index contributed by atoms with van der Waals surface area (Å²) in [5.41, 5.74) is 2.68. The van der Waals surface area contributed by atoms with Gasteiger partial charge in [-0.2, -0.15) is 0 Å². The van der Waals surface area contributed by atoms with E-state index in [1.165, 1.54) is 5.56 Å². The van der Waals surface area contributed by atoms with E-state index in [9.17, 15) is 14.7 Å². The van der Waals surface area contributed by atoms with E-state index in [0.29, 0.717) is 24.6 Å². The first-order valence-electron chi connectivity index (χ1n) is 8.41. The summed E-state index contributed by atoms with van der Waals surface area (Å²) in [5.74, 6) is -0.528. The maximum atomic E-state index is 12.1. The molecule has 132 valence electrons. The summed E-state index contributed by atoms with van der Waals surface area (Å²) in [6.07, 6.45) is 1.48. The number of rotatable bonds is 2. The first kappa shape index (κ1) is 18.3. The molecule has 1 fully saturated rings. The van der Waals surface area contributed by atoms with Crippen LogP contribution in [0.3, 0.4) is 0 Å². The van der Waals surface area contributed by atoms with E-state index >= 15 is 0 Å². The maximum absolute atomic E-state index is 12.1. The third-order valence-electron chi connectivity index (χ3n) is 4.39. The Kier molecular flexibility index (Phi) is 5.21. The molecule has 0 aromatic heterocycles. The number of hydrogen-bond acceptors (Lipinski definition) is 3. The number of aryl methyl sites for hydroxylation is 2. The lowest BCUT2D eigenvalue weighted by Gasteiger charge is -2.34. The number of piperidine rings is 1. The van der Waals surface area contributed by atoms with Crippen molar-refractivity contribution in [2.45, 2.75) is 59.0 Å². The van der Waals surface area contributed by atoms with Gasteiger partial charge in [0.25, 0.3) is 0 Å². The van der Waals surface area contributed by atoms with Crippen molar-refractivity contribution < 1.29 is 19.4 Å². The number of carbonyl (C=O) groups is 2. The zero-order valence-corrected chi connectivity index (χ0v) is 15.2. The summed E-state index contributed by atoms with van der Waals surface area (Å²) >= 11 is 0. The van der Waals surface area contributed by atoms with Crippen LogP contribution < -0.4 is 0 Å². The highest BCUT2D eigenvalue weighted by molar-refractivity contribution is 5.91. The number of nitrogens with zero attached hydrogens (tertiary/aromatic N) is 1. The number of amides is 1. The molecule has 5 heteroatoms. The molecule has 1 N–H and O–H groups in total. The summed E-state index contributed by atoms with van der Waals surface area (Å²) < 4.78 is 5.42. The lowest BCUT2D eigenvalue weighted by Crippen LogP contribution is -2.41. The molecule has 0 radical (unpaired) electrons. The summed E-state index contributed by atoms with van der Waals surface area (Å²) in [6, 6.07) is 3.95. The fourth-order valence-electron chi connectivity index (χ4n) is 3.29. The number of carboxylic acid groups (broad SMARTS) is 1. The molecule has 5 nitrogen and oxygen atoms in total. The van der Waals surface area contributed by atoms with Gasteiger partial charge in [0.2, 0.25) is 0 Å². The summed E-state index contributed by atoms with van der Waals surface area (Å²) in [7, 11) is 0. The Bertz CT molecular complexity index is 614. The predicted octanol–water partition coefficient (Wildman–Crippen LogP) is 4.12. The van der Waals surface area contributed by atoms with Crippen LogP contribution in [0.2, 0.25) is 0 Å². The number of benzene rings is 1. The van der Waals surface area contributed by atoms with Crippen LogP contribution in [0.5, 0.6) is 0 Å². The maximum Gasteiger partial charge on any atom is 0.410 e. The van der Waals surface area contributed by atoms with Gasteiger partial charge in [0, 0.05) is 13.1 Å². The lowest BCUT2D eigenvalue weighted by atomic mass is 9.86. The smallest absolute Gasteiger partial charge is 0.410 e. The Morgan fingerprint density at radius 1 is 1.12 bits per heavy atom. The highest BCUT2D eigenvalue weighted by Gasteiger charge is 2.28. The van der Waals surface area contributed by atoms with Gasteiger partial charge in [0.05, 0.1) is 5.56 Å². The number of carbonyl (C=O) groups excluding carboxylic acids is 1. The van der Waals surface area contributed by atoms with Crippen molar-refractivity contribution in [3.63, 3.8) is 0 Å². The number of ether oxygens (including phenoxy) is 1. The Morgan fingerprint density at radius 2 is 1.62 bits per heavy atom. The van der Waals surface area contributed by atoms with Gasteiger partial charge in [0.1, 0.15) is 5.60 Å². The molecule has 1 aromatic rings. The van der Waals surface area contributed by atoms with E-state index in [1.807, 2.05) is 46.8 Å². The molecule has 1 heterocycles. The van der Waals surface area contributed by atoms with Crippen molar-refractivity contribution in [2.24, 2.45) is 0 Å². The largest absolute Gasteiger partial charge is 0.478 e. The first-order chi connectivity index (χ1) is 11.1. The monoisotopic (exact) mass is 333 g/mol. The van der Waals surface area contributed by atoms with Crippen molar-refractivity contribution >= 4 is 12.1 Å². The third kappa shape index (κ3) is 4.28. The number of carboxylic acids is 1. The standard InChI is InChI=1S/C19H27NO4/c1-12-10-15(11-13(2)16(12)17(21)22)14-6-8-20(9-7-14)18(23)24-19(3,4)5/h10-11,14H,6-9H2,1-5H3,(H,21,22). The molecule has 0 bridgehead atoms. The normalized spacial score (nSPS) is 16.1. The minimum atomic E-state index is -0.878. The van der Waals surface area contributed by atoms with Crippen LogP contribution >= 0.6 is 0 Å². The molecule has 0 unspecified atom stereocenters. The number of likely N-dealkylation sites (tertiary alicyclic amines) is 1. The second-order valence-electron chi connectivity index (χ2n) is 7.58. The Labute approximate surface area is 143 Å². The fourth-order valence-corrected chi connectivity index (χ4v) is 3.29. The van der Waals surface area contributed by atoms with E-state index in [4.69, 9.17) is 4.74 Å². The molecular weight excluding hydrogens is 306 g/mol. The van der Waals surface area contributed by atoms with Crippen LogP contribution in [-0.4, -0.2) is 40.8 Å². The van der Waals surface area contributed by atoms with Crippen molar-refractivity contribution in [3.8, 4) is 0 Å². The summed E-state index contributed by atoms with van der Waals surface area (Å²) in [5, 5.41) is 9.28. The molecule has 1 aliphatic heterocycles. The van der Waals surface area contributed by atoms with Gasteiger partial charge in [0.15, 0.2) is 0 Å². The lowest BCUT2D eigenvalue weighted by molar-refractivity contribution is 0.0204. The predicted molar refractivity (Wildman–Crippen MR) is 92.7 cm³/mol. The van der Waals surface area contributed by atoms with Gasteiger partial charge in [-0.25, -0.2) is 9.59 Å². The van der Waals surface area contributed by atoms with Crippen LogP contribution in [0.1, 0.15) is 66.6 Å². The Morgan fingerprint density at radius 3 is 2.04 bits per heavy atom. The van der Waals surface area contributed by atoms with Crippen molar-refractivity contribution in [1.29, 1.82) is 0 Å². The van der Waals surface area contributed by atoms with Gasteiger partial charge in [-0.15, -0.1) is 0 Å². The minimum Gasteiger partial charge on any atom is -0.478 e. The topological polar surface area (TPSA) is 66.8 Å². The first-order valence-corrected chi connectivity index (χ1v) is 8.41. The van der Waals surface area contributed by atoms with Gasteiger partial charge in [-0.3, -0.25) is 0 Å². The molecule has 0 atom stereocenters. The van der Waals surface area contributed by atoms with Crippen LogP contribution in [0.4, 0.5) is 4.79 Å². The molecular formula is C19H27NO4. The highest BCUT2D eigenvalue weighted by Crippen LogP contribution is 2.31.